The van der Waals surface area contributed by atoms with Gasteiger partial charge in [-0.1, -0.05) is 42.9 Å². The molecule has 1 aliphatic heterocycles. The molecule has 2 amide bonds. The zero-order chi connectivity index (χ0) is 40.4. The number of hydrogen-bond donors (Lipinski definition) is 2. The molecule has 3 aromatic rings. The Balaban J connectivity index is 0.975. The summed E-state index contributed by atoms with van der Waals surface area (Å²) in [5, 5.41) is 7.19. The molecule has 0 radical (unpaired) electrons. The minimum absolute atomic E-state index is 0.0963. The van der Waals surface area contributed by atoms with Gasteiger partial charge in [0.05, 0.1) is 71.7 Å². The van der Waals surface area contributed by atoms with Crippen LogP contribution in [0.25, 0.3) is 10.6 Å². The first-order chi connectivity index (χ1) is 28.5. The van der Waals surface area contributed by atoms with Crippen LogP contribution in [0.15, 0.2) is 73.0 Å². The van der Waals surface area contributed by atoms with Crippen LogP contribution in [0.4, 0.5) is 11.4 Å². The number of amides is 2. The van der Waals surface area contributed by atoms with E-state index >= 15 is 0 Å². The predicted molar refractivity (Wildman–Crippen MR) is 227 cm³/mol. The first-order valence-corrected chi connectivity index (χ1v) is 21.6. The monoisotopic (exact) mass is 814 g/mol. The number of carbonyl (C=O) groups excluding carboxylic acids is 3. The normalized spacial score (nSPS) is 18.8. The maximum Gasteiger partial charge on any atom is 0.307 e. The molecule has 2 unspecified atom stereocenters. The van der Waals surface area contributed by atoms with Gasteiger partial charge in [-0.3, -0.25) is 14.4 Å². The fourth-order valence-corrected chi connectivity index (χ4v) is 8.55. The lowest BCUT2D eigenvalue weighted by molar-refractivity contribution is -0.141. The van der Waals surface area contributed by atoms with E-state index in [1.165, 1.54) is 24.9 Å². The quantitative estimate of drug-likeness (QED) is 0.0788. The van der Waals surface area contributed by atoms with Crippen LogP contribution in [0.3, 0.4) is 0 Å². The van der Waals surface area contributed by atoms with E-state index in [0.717, 1.165) is 74.8 Å². The molecule has 58 heavy (non-hydrogen) atoms. The summed E-state index contributed by atoms with van der Waals surface area (Å²) in [7, 11) is 1.36. The van der Waals surface area contributed by atoms with Crippen molar-refractivity contribution in [2.75, 3.05) is 83.3 Å². The van der Waals surface area contributed by atoms with Crippen molar-refractivity contribution in [2.45, 2.75) is 63.8 Å². The summed E-state index contributed by atoms with van der Waals surface area (Å²) in [6.07, 6.45) is 18.9. The highest BCUT2D eigenvalue weighted by molar-refractivity contribution is 7.17. The zero-order valence-corrected chi connectivity index (χ0v) is 34.5. The van der Waals surface area contributed by atoms with Crippen LogP contribution in [0.2, 0.25) is 0 Å². The molecule has 1 saturated carbocycles. The molecule has 12 nitrogen and oxygen atoms in total. The molecular weight excluding hydrogens is 757 g/mol. The number of esters is 1. The molecule has 0 spiro atoms. The Labute approximate surface area is 346 Å². The number of nitrogens with zero attached hydrogens (tertiary/aromatic N) is 2. The third kappa shape index (κ3) is 13.1. The van der Waals surface area contributed by atoms with Crippen molar-refractivity contribution in [2.24, 2.45) is 11.8 Å². The highest BCUT2D eigenvalue weighted by Gasteiger charge is 2.32. The lowest BCUT2D eigenvalue weighted by Crippen LogP contribution is -2.44. The number of rotatable bonds is 22. The van der Waals surface area contributed by atoms with Crippen LogP contribution in [-0.4, -0.2) is 102 Å². The number of aromatic nitrogens is 1. The van der Waals surface area contributed by atoms with Crippen molar-refractivity contribution >= 4 is 40.5 Å². The third-order valence-corrected chi connectivity index (χ3v) is 11.8. The van der Waals surface area contributed by atoms with Crippen LogP contribution in [0.5, 0.6) is 0 Å². The number of aryl methyl sites for hydroxylation is 1. The van der Waals surface area contributed by atoms with Gasteiger partial charge in [-0.2, -0.15) is 0 Å². The van der Waals surface area contributed by atoms with E-state index in [1.807, 2.05) is 30.3 Å². The number of hydrogen-bond acceptors (Lipinski definition) is 11. The Morgan fingerprint density at radius 1 is 0.810 bits per heavy atom. The molecule has 13 heteroatoms. The number of ether oxygens (including phenoxy) is 5. The summed E-state index contributed by atoms with van der Waals surface area (Å²) in [5.74, 6) is 0.201. The SMILES string of the molecule is COC(=O)CCOCCOCCOCCOCCCc1cccc(C(=O)Nc2ccc(N3CCCCC3)cc2-c2ncc(C(=O)N[C@H]3CCCC4C=CC=CC43)s2)c1. The maximum atomic E-state index is 13.7. The van der Waals surface area contributed by atoms with Gasteiger partial charge < -0.3 is 39.2 Å². The smallest absolute Gasteiger partial charge is 0.307 e. The third-order valence-electron chi connectivity index (χ3n) is 10.8. The largest absolute Gasteiger partial charge is 0.469 e. The molecule has 312 valence electrons. The van der Waals surface area contributed by atoms with Gasteiger partial charge in [0.25, 0.3) is 11.8 Å². The number of nitrogens with one attached hydrogen (secondary N) is 2. The van der Waals surface area contributed by atoms with Crippen molar-refractivity contribution in [1.29, 1.82) is 0 Å². The molecule has 1 saturated heterocycles. The second kappa shape index (κ2) is 23.3. The number of piperidine rings is 1. The van der Waals surface area contributed by atoms with Crippen molar-refractivity contribution in [3.8, 4) is 10.6 Å². The lowest BCUT2D eigenvalue weighted by Gasteiger charge is -2.36. The minimum atomic E-state index is -0.292. The van der Waals surface area contributed by atoms with Gasteiger partial charge in [0, 0.05) is 48.5 Å². The van der Waals surface area contributed by atoms with E-state index in [1.54, 1.807) is 6.20 Å². The summed E-state index contributed by atoms with van der Waals surface area (Å²) in [6.45, 7) is 5.60. The second-order valence-electron chi connectivity index (χ2n) is 14.9. The second-order valence-corrected chi connectivity index (χ2v) is 15.9. The summed E-state index contributed by atoms with van der Waals surface area (Å²) < 4.78 is 26.7. The van der Waals surface area contributed by atoms with E-state index in [4.69, 9.17) is 23.9 Å². The van der Waals surface area contributed by atoms with Crippen LogP contribution in [-0.2, 0) is 34.9 Å². The number of allylic oxidation sites excluding steroid dienone is 3. The molecule has 2 heterocycles. The van der Waals surface area contributed by atoms with Gasteiger partial charge in [0.2, 0.25) is 0 Å². The fraction of sp³-hybridized carbons (Fsp3) is 0.511. The predicted octanol–water partition coefficient (Wildman–Crippen LogP) is 7.26. The van der Waals surface area contributed by atoms with E-state index in [-0.39, 0.29) is 30.2 Å². The molecule has 2 aliphatic carbocycles. The van der Waals surface area contributed by atoms with Crippen molar-refractivity contribution in [1.82, 2.24) is 10.3 Å². The molecule has 1 aromatic heterocycles. The van der Waals surface area contributed by atoms with Crippen LogP contribution in [0.1, 0.15) is 77.0 Å². The molecule has 6 rings (SSSR count). The topological polar surface area (TPSA) is 138 Å². The Bertz CT molecular complexity index is 1840. The molecule has 2 fully saturated rings. The van der Waals surface area contributed by atoms with Gasteiger partial charge in [0.15, 0.2) is 0 Å². The van der Waals surface area contributed by atoms with Crippen molar-refractivity contribution in [3.05, 3.63) is 89.0 Å². The van der Waals surface area contributed by atoms with Gasteiger partial charge in [-0.25, -0.2) is 4.98 Å². The molecular formula is C45H58N4O8S. The summed E-state index contributed by atoms with van der Waals surface area (Å²) in [5.41, 5.74) is 4.19. The minimum Gasteiger partial charge on any atom is -0.469 e. The molecule has 2 aromatic carbocycles. The van der Waals surface area contributed by atoms with Gasteiger partial charge in [-0.15, -0.1) is 11.3 Å². The zero-order valence-electron chi connectivity index (χ0n) is 33.7. The highest BCUT2D eigenvalue weighted by Crippen LogP contribution is 2.37. The fourth-order valence-electron chi connectivity index (χ4n) is 7.70. The maximum absolute atomic E-state index is 13.7. The number of carbonyl (C=O) groups is 3. The summed E-state index contributed by atoms with van der Waals surface area (Å²) in [6, 6.07) is 13.9. The van der Waals surface area contributed by atoms with Crippen LogP contribution >= 0.6 is 11.3 Å². The van der Waals surface area contributed by atoms with E-state index in [0.29, 0.717) is 85.8 Å². The van der Waals surface area contributed by atoms with E-state index in [2.05, 4.69) is 56.7 Å². The van der Waals surface area contributed by atoms with Crippen molar-refractivity contribution in [3.63, 3.8) is 0 Å². The van der Waals surface area contributed by atoms with Crippen LogP contribution < -0.4 is 15.5 Å². The Morgan fingerprint density at radius 3 is 2.33 bits per heavy atom. The Morgan fingerprint density at radius 2 is 1.55 bits per heavy atom. The van der Waals surface area contributed by atoms with Gasteiger partial charge >= 0.3 is 5.97 Å². The number of methoxy groups -OCH3 is 1. The molecule has 0 bridgehead atoms. The number of thiazole rings is 1. The summed E-state index contributed by atoms with van der Waals surface area (Å²) >= 11 is 1.37. The molecule has 3 atom stereocenters. The number of benzene rings is 2. The average Bonchev–Trinajstić information content (AvgIpc) is 3.76. The van der Waals surface area contributed by atoms with Crippen LogP contribution in [0, 0.1) is 11.8 Å². The first-order valence-electron chi connectivity index (χ1n) is 20.8. The molecule has 2 N–H and O–H groups in total. The Kier molecular flexibility index (Phi) is 17.3. The number of anilines is 2. The Hall–Kier alpha value is -4.40. The standard InChI is InChI=1S/C45H58N4O8S/c1-53-42(50)19-23-55-25-27-57-29-28-56-26-24-54-22-9-11-33-10-7-14-35(30-33)43(51)47-40-18-17-36(49-20-5-2-6-21-49)31-38(40)45-46-32-41(58-45)44(52)48-39-16-8-13-34-12-3-4-15-37(34)39/h3-4,7,10,12,14-15,17-18,30-32,34,37,39H,2,5-6,8-9,11,13,16,19-29H2,1H3,(H,47,51)(H,48,52)/t34?,37?,39-/m0/s1. The van der Waals surface area contributed by atoms with Gasteiger partial charge in [-0.05, 0) is 86.8 Å². The lowest BCUT2D eigenvalue weighted by atomic mass is 9.74. The number of fused-ring (bicyclic) bond motifs is 1. The van der Waals surface area contributed by atoms with E-state index in [9.17, 15) is 14.4 Å². The first kappa shape index (κ1) is 43.2. The van der Waals surface area contributed by atoms with Gasteiger partial charge in [0.1, 0.15) is 9.88 Å². The average molecular weight is 815 g/mol. The van der Waals surface area contributed by atoms with Crippen molar-refractivity contribution < 1.29 is 38.1 Å². The summed E-state index contributed by atoms with van der Waals surface area (Å²) in [4.78, 5) is 46.1. The highest BCUT2D eigenvalue weighted by atomic mass is 32.1. The molecule has 3 aliphatic rings. The van der Waals surface area contributed by atoms with E-state index < -0.39 is 0 Å².